The lowest BCUT2D eigenvalue weighted by Gasteiger charge is -2.31. The van der Waals surface area contributed by atoms with Gasteiger partial charge in [-0.05, 0) is 34.3 Å². The van der Waals surface area contributed by atoms with E-state index in [9.17, 15) is 4.79 Å². The van der Waals surface area contributed by atoms with E-state index in [-0.39, 0.29) is 18.6 Å². The van der Waals surface area contributed by atoms with Gasteiger partial charge in [0.2, 0.25) is 0 Å². The van der Waals surface area contributed by atoms with Gasteiger partial charge in [0.1, 0.15) is 22.6 Å². The van der Waals surface area contributed by atoms with Crippen LogP contribution in [-0.4, -0.2) is 38.5 Å². The Hall–Kier alpha value is -2.12. The third-order valence-electron chi connectivity index (χ3n) is 4.75. The van der Waals surface area contributed by atoms with E-state index in [1.807, 2.05) is 34.7 Å². The number of piperidine rings is 1. The smallest absolute Gasteiger partial charge is 0.410 e. The summed E-state index contributed by atoms with van der Waals surface area (Å²) in [5.41, 5.74) is 1.73. The summed E-state index contributed by atoms with van der Waals surface area (Å²) in [6.45, 7) is 1.54. The zero-order chi connectivity index (χ0) is 18.8. The number of amides is 1. The number of imidazole rings is 1. The van der Waals surface area contributed by atoms with Crippen LogP contribution in [0.3, 0.4) is 0 Å². The highest BCUT2D eigenvalue weighted by Gasteiger charge is 2.29. The van der Waals surface area contributed by atoms with E-state index in [0.29, 0.717) is 18.2 Å². The second-order valence-electron chi connectivity index (χ2n) is 6.53. The summed E-state index contributed by atoms with van der Waals surface area (Å²) in [6, 6.07) is 9.69. The lowest BCUT2D eigenvalue weighted by molar-refractivity contribution is 0.0852. The van der Waals surface area contributed by atoms with Crippen molar-refractivity contribution in [2.24, 2.45) is 0 Å². The molecule has 2 aromatic heterocycles. The van der Waals surface area contributed by atoms with Crippen LogP contribution >= 0.6 is 27.5 Å². The fraction of sp³-hybridized carbons (Fsp3) is 0.316. The number of carbonyl (C=O) groups is 1. The Labute approximate surface area is 170 Å². The summed E-state index contributed by atoms with van der Waals surface area (Å²) in [4.78, 5) is 23.0. The molecule has 1 saturated heterocycles. The maximum absolute atomic E-state index is 12.5. The number of rotatable bonds is 3. The predicted molar refractivity (Wildman–Crippen MR) is 106 cm³/mol. The molecule has 0 radical (unpaired) electrons. The van der Waals surface area contributed by atoms with Gasteiger partial charge in [0.25, 0.3) is 0 Å². The molecule has 0 N–H and O–H groups in total. The number of benzene rings is 1. The molecular formula is C19H18BrClN4O2. The van der Waals surface area contributed by atoms with Crippen molar-refractivity contribution in [3.63, 3.8) is 0 Å². The van der Waals surface area contributed by atoms with Crippen LogP contribution < -0.4 is 0 Å². The van der Waals surface area contributed by atoms with Crippen molar-refractivity contribution >= 4 is 39.1 Å². The predicted octanol–water partition coefficient (Wildman–Crippen LogP) is 4.66. The highest BCUT2D eigenvalue weighted by atomic mass is 79.9. The van der Waals surface area contributed by atoms with Gasteiger partial charge in [-0.2, -0.15) is 0 Å². The van der Waals surface area contributed by atoms with Crippen molar-refractivity contribution in [3.05, 3.63) is 63.9 Å². The fourth-order valence-electron chi connectivity index (χ4n) is 3.42. The second kappa shape index (κ2) is 7.86. The molecule has 0 saturated carbocycles. The van der Waals surface area contributed by atoms with Gasteiger partial charge < -0.3 is 9.64 Å². The molecule has 1 amide bonds. The topological polar surface area (TPSA) is 59.7 Å². The third-order valence-corrected chi connectivity index (χ3v) is 5.60. The van der Waals surface area contributed by atoms with Crippen molar-refractivity contribution < 1.29 is 9.53 Å². The second-order valence-corrected chi connectivity index (χ2v) is 7.70. The Morgan fingerprint density at radius 1 is 1.26 bits per heavy atom. The lowest BCUT2D eigenvalue weighted by Crippen LogP contribution is -2.39. The Balaban J connectivity index is 1.48. The number of hydrogen-bond acceptors (Lipinski definition) is 4. The minimum absolute atomic E-state index is 0.111. The molecule has 3 heterocycles. The molecule has 6 nitrogen and oxygen atoms in total. The van der Waals surface area contributed by atoms with Crippen molar-refractivity contribution in [3.8, 4) is 0 Å². The maximum atomic E-state index is 12.5. The third kappa shape index (κ3) is 3.80. The number of fused-ring (bicyclic) bond motifs is 1. The summed E-state index contributed by atoms with van der Waals surface area (Å²) in [5.74, 6) is 0.988. The molecule has 1 aliphatic heterocycles. The molecule has 4 rings (SSSR count). The monoisotopic (exact) mass is 448 g/mol. The van der Waals surface area contributed by atoms with E-state index in [4.69, 9.17) is 16.3 Å². The maximum Gasteiger partial charge on any atom is 0.410 e. The van der Waals surface area contributed by atoms with Gasteiger partial charge >= 0.3 is 6.09 Å². The Kier molecular flexibility index (Phi) is 5.31. The Morgan fingerprint density at radius 3 is 2.89 bits per heavy atom. The van der Waals surface area contributed by atoms with Crippen LogP contribution in [-0.2, 0) is 11.3 Å². The highest BCUT2D eigenvalue weighted by Crippen LogP contribution is 2.30. The zero-order valence-corrected chi connectivity index (χ0v) is 16.9. The van der Waals surface area contributed by atoms with Crippen LogP contribution in [0.5, 0.6) is 0 Å². The molecule has 0 aliphatic carbocycles. The molecule has 3 aromatic rings. The number of ether oxygens (including phenoxy) is 1. The van der Waals surface area contributed by atoms with Crippen molar-refractivity contribution in [1.29, 1.82) is 0 Å². The molecule has 140 valence electrons. The van der Waals surface area contributed by atoms with Gasteiger partial charge in [-0.25, -0.2) is 14.8 Å². The minimum atomic E-state index is -0.289. The van der Waals surface area contributed by atoms with Crippen LogP contribution in [0.15, 0.2) is 47.3 Å². The number of likely N-dealkylation sites (tertiary alicyclic amines) is 1. The van der Waals surface area contributed by atoms with Gasteiger partial charge in [-0.3, -0.25) is 4.40 Å². The number of aromatic nitrogens is 3. The summed E-state index contributed by atoms with van der Waals surface area (Å²) in [7, 11) is 0. The first-order chi connectivity index (χ1) is 13.1. The number of hydrogen-bond donors (Lipinski definition) is 0. The molecule has 27 heavy (non-hydrogen) atoms. The number of nitrogens with zero attached hydrogens (tertiary/aromatic N) is 4. The normalized spacial score (nSPS) is 17.3. The number of halogens is 2. The molecular weight excluding hydrogens is 432 g/mol. The molecule has 1 fully saturated rings. The average Bonchev–Trinajstić information content (AvgIpc) is 3.16. The Bertz CT molecular complexity index is 963. The van der Waals surface area contributed by atoms with Crippen LogP contribution in [0.4, 0.5) is 4.79 Å². The fourth-order valence-corrected chi connectivity index (χ4v) is 4.08. The molecule has 0 unspecified atom stereocenters. The molecule has 0 bridgehead atoms. The van der Waals surface area contributed by atoms with Crippen LogP contribution in [0.2, 0.25) is 5.15 Å². The molecule has 1 atom stereocenters. The van der Waals surface area contributed by atoms with E-state index in [1.54, 1.807) is 17.3 Å². The molecule has 1 aromatic carbocycles. The summed E-state index contributed by atoms with van der Waals surface area (Å²) in [5, 5.41) is 0.409. The minimum Gasteiger partial charge on any atom is -0.445 e. The van der Waals surface area contributed by atoms with Crippen molar-refractivity contribution in [1.82, 2.24) is 19.3 Å². The quantitative estimate of drug-likeness (QED) is 0.583. The molecule has 1 aliphatic rings. The highest BCUT2D eigenvalue weighted by molar-refractivity contribution is 9.10. The first-order valence-electron chi connectivity index (χ1n) is 8.76. The van der Waals surface area contributed by atoms with Gasteiger partial charge in [0.15, 0.2) is 5.15 Å². The van der Waals surface area contributed by atoms with E-state index in [0.717, 1.165) is 34.3 Å². The van der Waals surface area contributed by atoms with Crippen molar-refractivity contribution in [2.75, 3.05) is 13.1 Å². The van der Waals surface area contributed by atoms with Crippen molar-refractivity contribution in [2.45, 2.75) is 25.4 Å². The van der Waals surface area contributed by atoms with Crippen LogP contribution in [0, 0.1) is 0 Å². The van der Waals surface area contributed by atoms with E-state index >= 15 is 0 Å². The summed E-state index contributed by atoms with van der Waals surface area (Å²) >= 11 is 9.70. The first-order valence-corrected chi connectivity index (χ1v) is 9.93. The van der Waals surface area contributed by atoms with E-state index in [2.05, 4.69) is 25.9 Å². The molecule has 8 heteroatoms. The summed E-state index contributed by atoms with van der Waals surface area (Å²) < 4.78 is 8.23. The number of carbonyl (C=O) groups excluding carboxylic acids is 1. The lowest BCUT2D eigenvalue weighted by atomic mass is 9.97. The average molecular weight is 450 g/mol. The van der Waals surface area contributed by atoms with Gasteiger partial charge in [-0.1, -0.05) is 41.9 Å². The van der Waals surface area contributed by atoms with Gasteiger partial charge in [-0.15, -0.1) is 0 Å². The van der Waals surface area contributed by atoms with Gasteiger partial charge in [0, 0.05) is 19.0 Å². The summed E-state index contributed by atoms with van der Waals surface area (Å²) in [6.07, 6.45) is 4.95. The first kappa shape index (κ1) is 18.3. The van der Waals surface area contributed by atoms with Gasteiger partial charge in [0.05, 0.1) is 12.4 Å². The zero-order valence-electron chi connectivity index (χ0n) is 14.5. The van der Waals surface area contributed by atoms with E-state index < -0.39 is 0 Å². The largest absolute Gasteiger partial charge is 0.445 e. The van der Waals surface area contributed by atoms with Crippen LogP contribution in [0.25, 0.3) is 5.52 Å². The SMILES string of the molecule is O=C(OCc1ccccc1)N1CCC[C@@H](c2ncc3c(Cl)ncc(Br)n23)C1. The Morgan fingerprint density at radius 2 is 2.07 bits per heavy atom. The standard InChI is InChI=1S/C19H18BrClN4O2/c20-16-10-22-17(21)15-9-23-18(25(15)16)14-7-4-8-24(11-14)19(26)27-12-13-5-2-1-3-6-13/h1-3,5-6,9-10,14H,4,7-8,11-12H2/t14-/m1/s1. The van der Waals surface area contributed by atoms with Crippen LogP contribution in [0.1, 0.15) is 30.1 Å². The molecule has 0 spiro atoms. The van der Waals surface area contributed by atoms with E-state index in [1.165, 1.54) is 0 Å².